The average molecular weight is 190 g/mol. The van der Waals surface area contributed by atoms with Gasteiger partial charge in [-0.2, -0.15) is 9.57 Å². The van der Waals surface area contributed by atoms with Crippen molar-refractivity contribution in [2.75, 3.05) is 18.8 Å². The second-order valence-electron chi connectivity index (χ2n) is 2.71. The van der Waals surface area contributed by atoms with E-state index in [1.807, 2.05) is 0 Å². The first-order valence-electron chi connectivity index (χ1n) is 3.59. The van der Waals surface area contributed by atoms with Crippen molar-refractivity contribution in [3.8, 4) is 6.07 Å². The Bertz CT molecular complexity index is 292. The van der Waals surface area contributed by atoms with Crippen molar-refractivity contribution < 1.29 is 13.5 Å². The summed E-state index contributed by atoms with van der Waals surface area (Å²) in [6.07, 6.45) is -0.108. The highest BCUT2D eigenvalue weighted by molar-refractivity contribution is 7.89. The Morgan fingerprint density at radius 2 is 2.33 bits per heavy atom. The Labute approximate surface area is 71.3 Å². The van der Waals surface area contributed by atoms with Crippen molar-refractivity contribution in [3.05, 3.63) is 0 Å². The van der Waals surface area contributed by atoms with E-state index in [4.69, 9.17) is 10.4 Å². The summed E-state index contributed by atoms with van der Waals surface area (Å²) in [6, 6.07) is 1.59. The van der Waals surface area contributed by atoms with Crippen molar-refractivity contribution in [1.29, 1.82) is 5.26 Å². The van der Waals surface area contributed by atoms with Crippen LogP contribution in [0.4, 0.5) is 0 Å². The molecule has 1 saturated heterocycles. The third kappa shape index (κ3) is 1.94. The lowest BCUT2D eigenvalue weighted by Crippen LogP contribution is -2.31. The molecule has 0 radical (unpaired) electrons. The number of sulfonamides is 1. The molecule has 0 saturated carbocycles. The summed E-state index contributed by atoms with van der Waals surface area (Å²) in [5, 5.41) is 17.3. The summed E-state index contributed by atoms with van der Waals surface area (Å²) in [6.45, 7) is 0.454. The standard InChI is InChI=1S/C6H10N2O3S/c7-2-4-12(10,11)8-3-1-6(9)5-8/h6,9H,1,3-5H2/t6-/m1/s1. The Kier molecular flexibility index (Phi) is 2.67. The van der Waals surface area contributed by atoms with E-state index in [1.54, 1.807) is 6.07 Å². The molecule has 0 aromatic carbocycles. The topological polar surface area (TPSA) is 81.4 Å². The number of rotatable bonds is 2. The minimum absolute atomic E-state index is 0.129. The molecule has 0 amide bonds. The van der Waals surface area contributed by atoms with Crippen LogP contribution in [0, 0.1) is 11.3 Å². The summed E-state index contributed by atoms with van der Waals surface area (Å²) < 4.78 is 23.5. The SMILES string of the molecule is N#CCS(=O)(=O)N1CC[C@@H](O)C1. The lowest BCUT2D eigenvalue weighted by atomic mass is 10.3. The van der Waals surface area contributed by atoms with Gasteiger partial charge in [-0.1, -0.05) is 0 Å². The predicted octanol–water partition coefficient (Wildman–Crippen LogP) is -1.09. The number of nitrogens with zero attached hydrogens (tertiary/aromatic N) is 2. The zero-order valence-electron chi connectivity index (χ0n) is 6.47. The lowest BCUT2D eigenvalue weighted by molar-refractivity contribution is 0.189. The number of hydrogen-bond donors (Lipinski definition) is 1. The number of hydrogen-bond acceptors (Lipinski definition) is 4. The smallest absolute Gasteiger partial charge is 0.227 e. The Balaban J connectivity index is 2.66. The van der Waals surface area contributed by atoms with Crippen LogP contribution < -0.4 is 0 Å². The van der Waals surface area contributed by atoms with Crippen LogP contribution in [0.15, 0.2) is 0 Å². The Hall–Kier alpha value is -0.640. The molecular formula is C6H10N2O3S. The van der Waals surface area contributed by atoms with Crippen LogP contribution in [0.2, 0.25) is 0 Å². The van der Waals surface area contributed by atoms with E-state index in [1.165, 1.54) is 0 Å². The second kappa shape index (κ2) is 3.39. The van der Waals surface area contributed by atoms with Gasteiger partial charge >= 0.3 is 0 Å². The fourth-order valence-corrected chi connectivity index (χ4v) is 2.26. The number of aliphatic hydroxyl groups excluding tert-OH is 1. The maximum absolute atomic E-state index is 11.2. The predicted molar refractivity (Wildman–Crippen MR) is 41.6 cm³/mol. The first-order chi connectivity index (χ1) is 5.56. The molecule has 1 rings (SSSR count). The molecule has 1 fully saturated rings. The highest BCUT2D eigenvalue weighted by Gasteiger charge is 2.29. The number of aliphatic hydroxyl groups is 1. The first kappa shape index (κ1) is 9.45. The van der Waals surface area contributed by atoms with Gasteiger partial charge < -0.3 is 5.11 Å². The normalized spacial score (nSPS) is 25.5. The summed E-state index contributed by atoms with van der Waals surface area (Å²) in [5.74, 6) is -0.500. The van der Waals surface area contributed by atoms with Crippen molar-refractivity contribution >= 4 is 10.0 Å². The molecule has 0 aliphatic carbocycles. The van der Waals surface area contributed by atoms with Gasteiger partial charge in [-0.25, -0.2) is 8.42 Å². The molecule has 5 nitrogen and oxygen atoms in total. The third-order valence-electron chi connectivity index (χ3n) is 1.77. The molecule has 1 aliphatic heterocycles. The quantitative estimate of drug-likeness (QED) is 0.599. The maximum Gasteiger partial charge on any atom is 0.227 e. The zero-order valence-corrected chi connectivity index (χ0v) is 7.29. The summed E-state index contributed by atoms with van der Waals surface area (Å²) in [5.41, 5.74) is 0. The summed E-state index contributed by atoms with van der Waals surface area (Å²) >= 11 is 0. The molecule has 1 heterocycles. The molecule has 12 heavy (non-hydrogen) atoms. The van der Waals surface area contributed by atoms with Crippen molar-refractivity contribution in [2.24, 2.45) is 0 Å². The molecule has 1 atom stereocenters. The van der Waals surface area contributed by atoms with Crippen LogP contribution in [0.1, 0.15) is 6.42 Å². The van der Waals surface area contributed by atoms with Crippen molar-refractivity contribution in [1.82, 2.24) is 4.31 Å². The number of β-amino-alcohol motifs (C(OH)–C–C–N with tert-alkyl or cyclic N) is 1. The van der Waals surface area contributed by atoms with Gasteiger partial charge in [0.2, 0.25) is 10.0 Å². The third-order valence-corrected chi connectivity index (χ3v) is 3.38. The maximum atomic E-state index is 11.2. The fourth-order valence-electron chi connectivity index (χ4n) is 1.14. The van der Waals surface area contributed by atoms with Gasteiger partial charge in [0.05, 0.1) is 12.2 Å². The second-order valence-corrected chi connectivity index (χ2v) is 4.68. The van der Waals surface area contributed by atoms with E-state index in [-0.39, 0.29) is 6.54 Å². The monoisotopic (exact) mass is 190 g/mol. The van der Waals surface area contributed by atoms with Gasteiger partial charge in [-0.15, -0.1) is 0 Å². The van der Waals surface area contributed by atoms with Crippen LogP contribution >= 0.6 is 0 Å². The summed E-state index contributed by atoms with van der Waals surface area (Å²) in [7, 11) is -3.43. The van der Waals surface area contributed by atoms with Gasteiger partial charge in [0.15, 0.2) is 5.75 Å². The van der Waals surface area contributed by atoms with Gasteiger partial charge in [0, 0.05) is 13.1 Å². The van der Waals surface area contributed by atoms with E-state index in [9.17, 15) is 8.42 Å². The number of nitriles is 1. The van der Waals surface area contributed by atoms with Gasteiger partial charge in [-0.3, -0.25) is 0 Å². The van der Waals surface area contributed by atoms with Crippen LogP contribution in [0.3, 0.4) is 0 Å². The molecule has 68 valence electrons. The van der Waals surface area contributed by atoms with Gasteiger partial charge in [-0.05, 0) is 6.42 Å². The van der Waals surface area contributed by atoms with Crippen molar-refractivity contribution in [3.63, 3.8) is 0 Å². The van der Waals surface area contributed by atoms with E-state index >= 15 is 0 Å². The minimum Gasteiger partial charge on any atom is -0.392 e. The van der Waals surface area contributed by atoms with Crippen LogP contribution in [0.5, 0.6) is 0 Å². The Morgan fingerprint density at radius 3 is 2.75 bits per heavy atom. The molecular weight excluding hydrogens is 180 g/mol. The fraction of sp³-hybridized carbons (Fsp3) is 0.833. The first-order valence-corrected chi connectivity index (χ1v) is 5.20. The Morgan fingerprint density at radius 1 is 1.67 bits per heavy atom. The van der Waals surface area contributed by atoms with E-state index in [0.29, 0.717) is 13.0 Å². The lowest BCUT2D eigenvalue weighted by Gasteiger charge is -2.12. The molecule has 0 aromatic heterocycles. The highest BCUT2D eigenvalue weighted by atomic mass is 32.2. The highest BCUT2D eigenvalue weighted by Crippen LogP contribution is 2.13. The zero-order chi connectivity index (χ0) is 9.19. The van der Waals surface area contributed by atoms with E-state index in [0.717, 1.165) is 4.31 Å². The molecule has 6 heteroatoms. The largest absolute Gasteiger partial charge is 0.392 e. The van der Waals surface area contributed by atoms with Crippen LogP contribution in [-0.4, -0.2) is 42.8 Å². The van der Waals surface area contributed by atoms with Crippen molar-refractivity contribution in [2.45, 2.75) is 12.5 Å². The minimum atomic E-state index is -3.43. The van der Waals surface area contributed by atoms with E-state index < -0.39 is 21.9 Å². The molecule has 1 N–H and O–H groups in total. The van der Waals surface area contributed by atoms with Crippen LogP contribution in [0.25, 0.3) is 0 Å². The van der Waals surface area contributed by atoms with Gasteiger partial charge in [0.1, 0.15) is 0 Å². The summed E-state index contributed by atoms with van der Waals surface area (Å²) in [4.78, 5) is 0. The van der Waals surface area contributed by atoms with E-state index in [2.05, 4.69) is 0 Å². The molecule has 0 spiro atoms. The molecule has 1 aliphatic rings. The molecule has 0 bridgehead atoms. The van der Waals surface area contributed by atoms with Crippen LogP contribution in [-0.2, 0) is 10.0 Å². The molecule has 0 unspecified atom stereocenters. The van der Waals surface area contributed by atoms with Gasteiger partial charge in [0.25, 0.3) is 0 Å². The molecule has 0 aromatic rings. The average Bonchev–Trinajstić information content (AvgIpc) is 2.36.